The van der Waals surface area contributed by atoms with Crippen molar-refractivity contribution in [3.8, 4) is 5.75 Å². The molecule has 5 heteroatoms. The normalized spacial score (nSPS) is 14.0. The topological polar surface area (TPSA) is 55.4 Å². The van der Waals surface area contributed by atoms with Crippen molar-refractivity contribution in [1.82, 2.24) is 5.32 Å². The molecule has 22 heavy (non-hydrogen) atoms. The van der Waals surface area contributed by atoms with Crippen molar-refractivity contribution in [3.63, 3.8) is 0 Å². The Hall–Kier alpha value is -2.79. The van der Waals surface area contributed by atoms with Crippen LogP contribution in [0.5, 0.6) is 5.75 Å². The van der Waals surface area contributed by atoms with E-state index < -0.39 is 5.91 Å². The molecule has 0 aliphatic carbocycles. The van der Waals surface area contributed by atoms with E-state index in [1.165, 1.54) is 0 Å². The highest BCUT2D eigenvalue weighted by Gasteiger charge is 2.31. The molecule has 0 aromatic heterocycles. The quantitative estimate of drug-likeness (QED) is 0.697. The molecule has 2 aromatic rings. The minimum absolute atomic E-state index is 0.366. The number of imide groups is 1. The Labute approximate surface area is 132 Å². The van der Waals surface area contributed by atoms with E-state index in [2.05, 4.69) is 17.5 Å². The summed E-state index contributed by atoms with van der Waals surface area (Å²) in [6.45, 7) is 0. The molecule has 0 atom stereocenters. The summed E-state index contributed by atoms with van der Waals surface area (Å²) in [6.07, 6.45) is 0. The number of hydrogen-bond donors (Lipinski definition) is 1. The number of ether oxygens (including phenoxy) is 1. The van der Waals surface area contributed by atoms with E-state index in [-0.39, 0.29) is 5.91 Å². The number of amides is 2. The lowest BCUT2D eigenvalue weighted by Gasteiger charge is -2.05. The Morgan fingerprint density at radius 1 is 0.818 bits per heavy atom. The van der Waals surface area contributed by atoms with E-state index >= 15 is 0 Å². The first kappa shape index (κ1) is 14.2. The fourth-order valence-electron chi connectivity index (χ4n) is 2.37. The number of carbonyl (C=O) groups is 2. The summed E-state index contributed by atoms with van der Waals surface area (Å²) in [7, 11) is 0. The predicted octanol–water partition coefficient (Wildman–Crippen LogP) is 2.59. The molecule has 0 radical (unpaired) electrons. The maximum Gasteiger partial charge on any atom is 0.259 e. The molecule has 1 aliphatic rings. The van der Waals surface area contributed by atoms with Gasteiger partial charge in [-0.3, -0.25) is 14.9 Å². The predicted molar refractivity (Wildman–Crippen MR) is 87.1 cm³/mol. The van der Waals surface area contributed by atoms with E-state index in [0.717, 1.165) is 5.55 Å². The minimum atomic E-state index is -0.396. The van der Waals surface area contributed by atoms with Crippen molar-refractivity contribution in [3.05, 3.63) is 65.7 Å². The van der Waals surface area contributed by atoms with Gasteiger partial charge in [0.15, 0.2) is 5.55 Å². The van der Waals surface area contributed by atoms with Gasteiger partial charge in [0.1, 0.15) is 5.75 Å². The van der Waals surface area contributed by atoms with Crippen LogP contribution < -0.4 is 10.1 Å². The number of thiocarbonyl (C=S) groups is 1. The Morgan fingerprint density at radius 2 is 1.36 bits per heavy atom. The molecule has 0 spiro atoms. The zero-order valence-corrected chi connectivity index (χ0v) is 12.2. The van der Waals surface area contributed by atoms with Gasteiger partial charge in [0.05, 0.1) is 11.1 Å². The van der Waals surface area contributed by atoms with Crippen LogP contribution >= 0.6 is 12.2 Å². The maximum absolute atomic E-state index is 12.1. The van der Waals surface area contributed by atoms with Crippen molar-refractivity contribution in [1.29, 1.82) is 0 Å². The van der Waals surface area contributed by atoms with Gasteiger partial charge in [-0.05, 0) is 35.5 Å². The van der Waals surface area contributed by atoms with Crippen LogP contribution in [-0.4, -0.2) is 17.4 Å². The second kappa shape index (κ2) is 5.91. The number of hydrogen-bond acceptors (Lipinski definition) is 4. The van der Waals surface area contributed by atoms with Gasteiger partial charge in [-0.1, -0.05) is 42.5 Å². The average molecular weight is 309 g/mol. The fraction of sp³-hybridized carbons (Fsp3) is 0. The lowest BCUT2D eigenvalue weighted by atomic mass is 9.96. The van der Waals surface area contributed by atoms with Crippen molar-refractivity contribution < 1.29 is 14.3 Å². The number of carbonyl (C=O) groups excluding carboxylic acids is 2. The first-order chi connectivity index (χ1) is 10.7. The molecular weight excluding hydrogens is 298 g/mol. The molecule has 0 saturated heterocycles. The molecule has 2 aromatic carbocycles. The van der Waals surface area contributed by atoms with E-state index in [0.29, 0.717) is 28.0 Å². The largest absolute Gasteiger partial charge is 0.454 e. The van der Waals surface area contributed by atoms with E-state index in [1.54, 1.807) is 36.4 Å². The van der Waals surface area contributed by atoms with Gasteiger partial charge in [0.25, 0.3) is 11.8 Å². The smallest absolute Gasteiger partial charge is 0.259 e. The van der Waals surface area contributed by atoms with Crippen LogP contribution in [0.15, 0.2) is 54.6 Å². The molecule has 1 aliphatic heterocycles. The van der Waals surface area contributed by atoms with Crippen LogP contribution in [0.25, 0.3) is 11.1 Å². The number of rotatable bonds is 4. The lowest BCUT2D eigenvalue weighted by Crippen LogP contribution is -2.22. The Kier molecular flexibility index (Phi) is 3.80. The SMILES string of the molecule is O=C1NC(=O)C(c2ccc(OC=S)cc2)=C1c1ccccc1. The summed E-state index contributed by atoms with van der Waals surface area (Å²) in [4.78, 5) is 24.2. The average Bonchev–Trinajstić information content (AvgIpc) is 2.84. The van der Waals surface area contributed by atoms with Gasteiger partial charge in [0.2, 0.25) is 0 Å². The van der Waals surface area contributed by atoms with Crippen molar-refractivity contribution >= 4 is 40.7 Å². The second-order valence-electron chi connectivity index (χ2n) is 4.64. The molecule has 108 valence electrons. The molecule has 0 saturated carbocycles. The van der Waals surface area contributed by atoms with Gasteiger partial charge < -0.3 is 4.74 Å². The van der Waals surface area contributed by atoms with E-state index in [9.17, 15) is 9.59 Å². The zero-order valence-electron chi connectivity index (χ0n) is 11.4. The maximum atomic E-state index is 12.1. The molecule has 1 N–H and O–H groups in total. The highest BCUT2D eigenvalue weighted by atomic mass is 32.1. The summed E-state index contributed by atoms with van der Waals surface area (Å²) in [5, 5.41) is 2.35. The minimum Gasteiger partial charge on any atom is -0.454 e. The van der Waals surface area contributed by atoms with Crippen molar-refractivity contribution in [2.45, 2.75) is 0 Å². The van der Waals surface area contributed by atoms with Crippen LogP contribution in [-0.2, 0) is 9.59 Å². The third-order valence-electron chi connectivity index (χ3n) is 3.32. The van der Waals surface area contributed by atoms with Crippen LogP contribution in [0.3, 0.4) is 0 Å². The van der Waals surface area contributed by atoms with Gasteiger partial charge in [-0.25, -0.2) is 0 Å². The Bertz CT molecular complexity index is 779. The molecule has 1 heterocycles. The van der Waals surface area contributed by atoms with Crippen LogP contribution in [0.1, 0.15) is 11.1 Å². The fourth-order valence-corrected chi connectivity index (χ4v) is 2.48. The summed E-state index contributed by atoms with van der Waals surface area (Å²) >= 11 is 4.63. The molecule has 0 fully saturated rings. The van der Waals surface area contributed by atoms with E-state index in [1.807, 2.05) is 18.2 Å². The highest BCUT2D eigenvalue weighted by molar-refractivity contribution is 7.78. The Morgan fingerprint density at radius 3 is 1.91 bits per heavy atom. The molecule has 0 unspecified atom stereocenters. The summed E-state index contributed by atoms with van der Waals surface area (Å²) in [6, 6.07) is 16.0. The van der Waals surface area contributed by atoms with Crippen molar-refractivity contribution in [2.75, 3.05) is 0 Å². The van der Waals surface area contributed by atoms with Crippen LogP contribution in [0.2, 0.25) is 0 Å². The van der Waals surface area contributed by atoms with Gasteiger partial charge in [-0.2, -0.15) is 0 Å². The van der Waals surface area contributed by atoms with Gasteiger partial charge >= 0.3 is 0 Å². The van der Waals surface area contributed by atoms with Crippen LogP contribution in [0.4, 0.5) is 0 Å². The van der Waals surface area contributed by atoms with Crippen molar-refractivity contribution in [2.24, 2.45) is 0 Å². The first-order valence-corrected chi connectivity index (χ1v) is 7.04. The Balaban J connectivity index is 2.11. The lowest BCUT2D eigenvalue weighted by molar-refractivity contribution is -0.122. The van der Waals surface area contributed by atoms with Gasteiger partial charge in [-0.15, -0.1) is 0 Å². The first-order valence-electron chi connectivity index (χ1n) is 6.57. The zero-order chi connectivity index (χ0) is 15.5. The summed E-state index contributed by atoms with van der Waals surface area (Å²) in [5.74, 6) is -0.205. The van der Waals surface area contributed by atoms with Gasteiger partial charge in [0, 0.05) is 0 Å². The molecule has 3 rings (SSSR count). The monoisotopic (exact) mass is 309 g/mol. The highest BCUT2D eigenvalue weighted by Crippen LogP contribution is 2.31. The standard InChI is InChI=1S/C17H11NO3S/c19-16-14(11-4-2-1-3-5-11)15(17(20)18-16)12-6-8-13(9-7-12)21-10-22/h1-10H,(H,18,19,20). The molecular formula is C17H11NO3S. The third-order valence-corrected chi connectivity index (χ3v) is 3.42. The summed E-state index contributed by atoms with van der Waals surface area (Å²) in [5.41, 5.74) is 3.27. The molecule has 0 bridgehead atoms. The molecule has 2 amide bonds. The molecule has 4 nitrogen and oxygen atoms in total. The van der Waals surface area contributed by atoms with E-state index in [4.69, 9.17) is 4.74 Å². The number of benzene rings is 2. The van der Waals surface area contributed by atoms with Crippen LogP contribution in [0, 0.1) is 0 Å². The second-order valence-corrected chi connectivity index (χ2v) is 4.83. The number of nitrogens with one attached hydrogen (secondary N) is 1. The third kappa shape index (κ3) is 2.54. The summed E-state index contributed by atoms with van der Waals surface area (Å²) < 4.78 is 5.09.